The second-order valence-corrected chi connectivity index (χ2v) is 6.53. The maximum absolute atomic E-state index is 12.8. The molecule has 0 unspecified atom stereocenters. The second kappa shape index (κ2) is 9.24. The van der Waals surface area contributed by atoms with E-state index in [0.29, 0.717) is 18.7 Å². The van der Waals surface area contributed by atoms with Crippen molar-refractivity contribution in [3.05, 3.63) is 71.9 Å². The zero-order valence-corrected chi connectivity index (χ0v) is 16.6. The van der Waals surface area contributed by atoms with Gasteiger partial charge in [0.1, 0.15) is 5.75 Å². The molecule has 1 heterocycles. The van der Waals surface area contributed by atoms with E-state index in [-0.39, 0.29) is 5.91 Å². The molecule has 3 aromatic rings. The quantitative estimate of drug-likeness (QED) is 0.597. The summed E-state index contributed by atoms with van der Waals surface area (Å²) in [5.74, 6) is 0.703. The van der Waals surface area contributed by atoms with Crippen molar-refractivity contribution in [3.8, 4) is 22.7 Å². The summed E-state index contributed by atoms with van der Waals surface area (Å²) < 4.78 is 12.5. The highest BCUT2D eigenvalue weighted by molar-refractivity contribution is 5.97. The van der Waals surface area contributed by atoms with Gasteiger partial charge < -0.3 is 19.4 Å². The van der Waals surface area contributed by atoms with Crippen LogP contribution in [0.4, 0.5) is 0 Å². The van der Waals surface area contributed by atoms with E-state index in [0.717, 1.165) is 34.8 Å². The van der Waals surface area contributed by atoms with Crippen LogP contribution in [0.15, 0.2) is 60.7 Å². The molecule has 2 aromatic carbocycles. The fourth-order valence-electron chi connectivity index (χ4n) is 3.25. The summed E-state index contributed by atoms with van der Waals surface area (Å²) in [6, 6.07) is 19.9. The lowest BCUT2D eigenvalue weighted by atomic mass is 10.1. The zero-order chi connectivity index (χ0) is 19.9. The molecule has 0 saturated carbocycles. The van der Waals surface area contributed by atoms with Gasteiger partial charge in [0.2, 0.25) is 0 Å². The highest BCUT2D eigenvalue weighted by Crippen LogP contribution is 2.31. The molecule has 0 spiro atoms. The molecular weight excluding hydrogens is 352 g/mol. The Hall–Kier alpha value is -3.05. The third-order valence-electron chi connectivity index (χ3n) is 4.68. The average Bonchev–Trinajstić information content (AvgIpc) is 3.09. The molecule has 0 aliphatic carbocycles. The van der Waals surface area contributed by atoms with Gasteiger partial charge in [0, 0.05) is 37.2 Å². The summed E-state index contributed by atoms with van der Waals surface area (Å²) in [6.45, 7) is 3.18. The number of carbonyl (C=O) groups excluding carboxylic acids is 1. The third-order valence-corrected chi connectivity index (χ3v) is 4.68. The molecule has 1 N–H and O–H groups in total. The van der Waals surface area contributed by atoms with Gasteiger partial charge in [-0.15, -0.1) is 0 Å². The Kier molecular flexibility index (Phi) is 6.50. The molecule has 0 fully saturated rings. The molecule has 0 saturated heterocycles. The van der Waals surface area contributed by atoms with E-state index >= 15 is 0 Å². The standard InChI is InChI=1S/C23H26N2O3/c1-17-21(23(26)24-13-8-14-27-2)16-22(18-9-7-12-20(15-18)28-3)25(17)19-10-5-4-6-11-19/h4-7,9-12,15-16H,8,13-14H2,1-3H3,(H,24,26). The van der Waals surface area contributed by atoms with Crippen molar-refractivity contribution >= 4 is 5.91 Å². The van der Waals surface area contributed by atoms with E-state index in [1.54, 1.807) is 14.2 Å². The Balaban J connectivity index is 2.03. The van der Waals surface area contributed by atoms with Gasteiger partial charge in [0.05, 0.1) is 18.4 Å². The van der Waals surface area contributed by atoms with Crippen molar-refractivity contribution in [2.24, 2.45) is 0 Å². The van der Waals surface area contributed by atoms with Crippen LogP contribution in [0.1, 0.15) is 22.5 Å². The SMILES string of the molecule is COCCCNC(=O)c1cc(-c2cccc(OC)c2)n(-c2ccccc2)c1C. The molecule has 0 aliphatic rings. The summed E-state index contributed by atoms with van der Waals surface area (Å²) in [4.78, 5) is 12.8. The van der Waals surface area contributed by atoms with Crippen LogP contribution in [0.2, 0.25) is 0 Å². The number of carbonyl (C=O) groups is 1. The van der Waals surface area contributed by atoms with Crippen LogP contribution in [0.5, 0.6) is 5.75 Å². The Morgan fingerprint density at radius 1 is 1.04 bits per heavy atom. The lowest BCUT2D eigenvalue weighted by molar-refractivity contribution is 0.0948. The number of aromatic nitrogens is 1. The molecule has 0 radical (unpaired) electrons. The zero-order valence-electron chi connectivity index (χ0n) is 16.6. The highest BCUT2D eigenvalue weighted by Gasteiger charge is 2.19. The van der Waals surface area contributed by atoms with Crippen molar-refractivity contribution < 1.29 is 14.3 Å². The number of methoxy groups -OCH3 is 2. The number of amides is 1. The smallest absolute Gasteiger partial charge is 0.253 e. The van der Waals surface area contributed by atoms with E-state index < -0.39 is 0 Å². The number of hydrogen-bond acceptors (Lipinski definition) is 3. The number of nitrogens with one attached hydrogen (secondary N) is 1. The normalized spacial score (nSPS) is 10.7. The Morgan fingerprint density at radius 3 is 2.54 bits per heavy atom. The molecule has 5 nitrogen and oxygen atoms in total. The summed E-state index contributed by atoms with van der Waals surface area (Å²) in [6.07, 6.45) is 0.781. The number of nitrogens with zero attached hydrogens (tertiary/aromatic N) is 1. The lowest BCUT2D eigenvalue weighted by Gasteiger charge is -2.13. The first-order chi connectivity index (χ1) is 13.7. The fourth-order valence-corrected chi connectivity index (χ4v) is 3.25. The lowest BCUT2D eigenvalue weighted by Crippen LogP contribution is -2.25. The number of rotatable bonds is 8. The van der Waals surface area contributed by atoms with Gasteiger partial charge in [0.25, 0.3) is 5.91 Å². The van der Waals surface area contributed by atoms with Gasteiger partial charge in [-0.25, -0.2) is 0 Å². The topological polar surface area (TPSA) is 52.5 Å². The van der Waals surface area contributed by atoms with Gasteiger partial charge in [-0.3, -0.25) is 4.79 Å². The van der Waals surface area contributed by atoms with Crippen LogP contribution in [0.25, 0.3) is 16.9 Å². The summed E-state index contributed by atoms with van der Waals surface area (Å²) in [5, 5.41) is 2.98. The number of ether oxygens (including phenoxy) is 2. The van der Waals surface area contributed by atoms with Crippen LogP contribution >= 0.6 is 0 Å². The summed E-state index contributed by atoms with van der Waals surface area (Å²) in [5.41, 5.74) is 4.51. The van der Waals surface area contributed by atoms with Crippen molar-refractivity contribution in [1.82, 2.24) is 9.88 Å². The number of benzene rings is 2. The van der Waals surface area contributed by atoms with E-state index in [2.05, 4.69) is 9.88 Å². The van der Waals surface area contributed by atoms with Gasteiger partial charge in [-0.2, -0.15) is 0 Å². The largest absolute Gasteiger partial charge is 0.497 e. The molecular formula is C23H26N2O3. The van der Waals surface area contributed by atoms with Crippen molar-refractivity contribution in [1.29, 1.82) is 0 Å². The molecule has 0 bridgehead atoms. The molecule has 5 heteroatoms. The van der Waals surface area contributed by atoms with Crippen molar-refractivity contribution in [3.63, 3.8) is 0 Å². The van der Waals surface area contributed by atoms with Crippen LogP contribution in [-0.2, 0) is 4.74 Å². The van der Waals surface area contributed by atoms with Gasteiger partial charge >= 0.3 is 0 Å². The Bertz CT molecular complexity index is 932. The molecule has 3 rings (SSSR count). The molecule has 146 valence electrons. The monoisotopic (exact) mass is 378 g/mol. The molecule has 0 atom stereocenters. The highest BCUT2D eigenvalue weighted by atomic mass is 16.5. The Morgan fingerprint density at radius 2 is 1.82 bits per heavy atom. The van der Waals surface area contributed by atoms with Crippen LogP contribution in [-0.4, -0.2) is 37.8 Å². The maximum Gasteiger partial charge on any atom is 0.253 e. The second-order valence-electron chi connectivity index (χ2n) is 6.53. The van der Waals surface area contributed by atoms with Gasteiger partial charge in [0.15, 0.2) is 0 Å². The Labute approximate surface area is 165 Å². The minimum Gasteiger partial charge on any atom is -0.497 e. The minimum atomic E-state index is -0.0765. The molecule has 28 heavy (non-hydrogen) atoms. The van der Waals surface area contributed by atoms with E-state index in [4.69, 9.17) is 9.47 Å². The minimum absolute atomic E-state index is 0.0765. The average molecular weight is 378 g/mol. The maximum atomic E-state index is 12.8. The first kappa shape index (κ1) is 19.7. The molecule has 0 aliphatic heterocycles. The summed E-state index contributed by atoms with van der Waals surface area (Å²) >= 11 is 0. The first-order valence-electron chi connectivity index (χ1n) is 9.35. The predicted octanol–water partition coefficient (Wildman–Crippen LogP) is 4.23. The van der Waals surface area contributed by atoms with E-state index in [9.17, 15) is 4.79 Å². The molecule has 1 aromatic heterocycles. The van der Waals surface area contributed by atoms with Crippen LogP contribution in [0.3, 0.4) is 0 Å². The van der Waals surface area contributed by atoms with Crippen LogP contribution in [0, 0.1) is 6.92 Å². The number of para-hydroxylation sites is 1. The number of hydrogen-bond donors (Lipinski definition) is 1. The van der Waals surface area contributed by atoms with E-state index in [1.807, 2.05) is 67.6 Å². The van der Waals surface area contributed by atoms with Crippen molar-refractivity contribution in [2.75, 3.05) is 27.4 Å². The summed E-state index contributed by atoms with van der Waals surface area (Å²) in [7, 11) is 3.31. The van der Waals surface area contributed by atoms with Crippen LogP contribution < -0.4 is 10.1 Å². The fraction of sp³-hybridized carbons (Fsp3) is 0.261. The molecule has 1 amide bonds. The first-order valence-corrected chi connectivity index (χ1v) is 9.35. The predicted molar refractivity (Wildman–Crippen MR) is 111 cm³/mol. The van der Waals surface area contributed by atoms with E-state index in [1.165, 1.54) is 0 Å². The van der Waals surface area contributed by atoms with Gasteiger partial charge in [-0.1, -0.05) is 30.3 Å². The van der Waals surface area contributed by atoms with Crippen molar-refractivity contribution in [2.45, 2.75) is 13.3 Å². The third kappa shape index (κ3) is 4.26. The van der Waals surface area contributed by atoms with Gasteiger partial charge in [-0.05, 0) is 43.7 Å².